The lowest BCUT2D eigenvalue weighted by Crippen LogP contribution is -2.31. The zero-order valence-corrected chi connectivity index (χ0v) is 13.2. The molecule has 0 unspecified atom stereocenters. The average Bonchev–Trinajstić information content (AvgIpc) is 2.76. The quantitative estimate of drug-likeness (QED) is 0.671. The zero-order valence-electron chi connectivity index (χ0n) is 13.2. The van der Waals surface area contributed by atoms with Gasteiger partial charge in [-0.3, -0.25) is 9.69 Å². The highest BCUT2D eigenvalue weighted by atomic mass is 16.2. The van der Waals surface area contributed by atoms with Crippen molar-refractivity contribution < 1.29 is 9.59 Å². The molecule has 0 aliphatic carbocycles. The predicted molar refractivity (Wildman–Crippen MR) is 88.4 cm³/mol. The summed E-state index contributed by atoms with van der Waals surface area (Å²) in [5.41, 5.74) is 2.48. The molecule has 5 nitrogen and oxygen atoms in total. The minimum absolute atomic E-state index is 0.264. The lowest BCUT2D eigenvalue weighted by Gasteiger charge is -2.11. The number of urea groups is 1. The van der Waals surface area contributed by atoms with Gasteiger partial charge in [-0.1, -0.05) is 31.2 Å². The van der Waals surface area contributed by atoms with Gasteiger partial charge in [-0.05, 0) is 30.2 Å². The van der Waals surface area contributed by atoms with Crippen LogP contribution in [-0.4, -0.2) is 37.5 Å². The number of hydrogen-bond acceptors (Lipinski definition) is 3. The number of nitrogens with one attached hydrogen (secondary N) is 1. The van der Waals surface area contributed by atoms with E-state index in [-0.39, 0.29) is 11.9 Å². The Kier molecular flexibility index (Phi) is 4.99. The molecule has 3 amide bonds. The summed E-state index contributed by atoms with van der Waals surface area (Å²) in [4.78, 5) is 26.9. The number of carbonyl (C=O) groups excluding carboxylic acids is 2. The maximum Gasteiger partial charge on any atom is 0.329 e. The van der Waals surface area contributed by atoms with Crippen molar-refractivity contribution in [2.45, 2.75) is 13.3 Å². The molecule has 0 saturated carbocycles. The molecule has 0 aromatic heterocycles. The summed E-state index contributed by atoms with van der Waals surface area (Å²) in [5.74, 6) is -0.264. The SMILES string of the molecule is CCCN1C(=O)N/C(=C/C=C/c2ccc(N(C)C)cc2)C1=O. The summed E-state index contributed by atoms with van der Waals surface area (Å²) < 4.78 is 0. The first-order valence-corrected chi connectivity index (χ1v) is 7.31. The molecule has 1 aliphatic rings. The average molecular weight is 299 g/mol. The molecule has 116 valence electrons. The lowest BCUT2D eigenvalue weighted by molar-refractivity contribution is -0.122. The van der Waals surface area contributed by atoms with Crippen LogP contribution in [0.15, 0.2) is 42.1 Å². The van der Waals surface area contributed by atoms with Gasteiger partial charge in [-0.2, -0.15) is 0 Å². The normalized spacial score (nSPS) is 16.7. The third-order valence-electron chi connectivity index (χ3n) is 3.37. The Morgan fingerprint density at radius 1 is 1.18 bits per heavy atom. The first-order chi connectivity index (χ1) is 10.5. The highest BCUT2D eigenvalue weighted by Gasteiger charge is 2.32. The van der Waals surface area contributed by atoms with Gasteiger partial charge in [-0.25, -0.2) is 4.79 Å². The van der Waals surface area contributed by atoms with Crippen LogP contribution in [0.4, 0.5) is 10.5 Å². The molecular weight excluding hydrogens is 278 g/mol. The van der Waals surface area contributed by atoms with E-state index in [0.29, 0.717) is 12.2 Å². The Balaban J connectivity index is 2.05. The molecule has 1 saturated heterocycles. The van der Waals surface area contributed by atoms with E-state index in [9.17, 15) is 9.59 Å². The van der Waals surface area contributed by atoms with Gasteiger partial charge in [0.2, 0.25) is 0 Å². The van der Waals surface area contributed by atoms with Crippen molar-refractivity contribution in [1.82, 2.24) is 10.2 Å². The molecule has 1 aromatic rings. The van der Waals surface area contributed by atoms with Crippen LogP contribution in [0.1, 0.15) is 18.9 Å². The van der Waals surface area contributed by atoms with Crippen LogP contribution in [0, 0.1) is 0 Å². The number of anilines is 1. The van der Waals surface area contributed by atoms with Crippen LogP contribution < -0.4 is 10.2 Å². The van der Waals surface area contributed by atoms with Crippen molar-refractivity contribution in [3.8, 4) is 0 Å². The lowest BCUT2D eigenvalue weighted by atomic mass is 10.2. The van der Waals surface area contributed by atoms with Gasteiger partial charge >= 0.3 is 6.03 Å². The highest BCUT2D eigenvalue weighted by molar-refractivity contribution is 6.11. The molecule has 1 fully saturated rings. The number of imide groups is 1. The van der Waals surface area contributed by atoms with Crippen LogP contribution in [0.25, 0.3) is 6.08 Å². The number of amides is 3. The fraction of sp³-hybridized carbons (Fsp3) is 0.294. The standard InChI is InChI=1S/C17H21N3O2/c1-4-12-20-16(21)15(18-17(20)22)7-5-6-13-8-10-14(11-9-13)19(2)3/h5-11H,4,12H2,1-3H3,(H,18,22)/b6-5+,15-7+. The second-order valence-electron chi connectivity index (χ2n) is 5.31. The molecule has 1 N–H and O–H groups in total. The number of carbonyl (C=O) groups is 2. The maximum atomic E-state index is 12.0. The Morgan fingerprint density at radius 3 is 2.45 bits per heavy atom. The molecule has 1 heterocycles. The number of hydrogen-bond donors (Lipinski definition) is 1. The van der Waals surface area contributed by atoms with Crippen molar-refractivity contribution in [2.24, 2.45) is 0 Å². The second-order valence-corrected chi connectivity index (χ2v) is 5.31. The monoisotopic (exact) mass is 299 g/mol. The van der Waals surface area contributed by atoms with Crippen LogP contribution >= 0.6 is 0 Å². The van der Waals surface area contributed by atoms with Crippen molar-refractivity contribution in [3.63, 3.8) is 0 Å². The fourth-order valence-corrected chi connectivity index (χ4v) is 2.15. The van der Waals surface area contributed by atoms with Crippen LogP contribution in [0.5, 0.6) is 0 Å². The van der Waals surface area contributed by atoms with E-state index in [1.165, 1.54) is 4.90 Å². The summed E-state index contributed by atoms with van der Waals surface area (Å²) in [7, 11) is 3.98. The molecule has 0 atom stereocenters. The van der Waals surface area contributed by atoms with Crippen molar-refractivity contribution >= 4 is 23.7 Å². The van der Waals surface area contributed by atoms with E-state index in [4.69, 9.17) is 0 Å². The van der Waals surface area contributed by atoms with Crippen molar-refractivity contribution in [2.75, 3.05) is 25.5 Å². The Hall–Kier alpha value is -2.56. The van der Waals surface area contributed by atoms with Crippen molar-refractivity contribution in [1.29, 1.82) is 0 Å². The van der Waals surface area contributed by atoms with E-state index < -0.39 is 0 Å². The Morgan fingerprint density at radius 2 is 1.86 bits per heavy atom. The number of benzene rings is 1. The highest BCUT2D eigenvalue weighted by Crippen LogP contribution is 2.14. The van der Waals surface area contributed by atoms with Gasteiger partial charge < -0.3 is 10.2 Å². The topological polar surface area (TPSA) is 52.7 Å². The number of nitrogens with zero attached hydrogens (tertiary/aromatic N) is 2. The maximum absolute atomic E-state index is 12.0. The van der Waals surface area contributed by atoms with E-state index in [2.05, 4.69) is 5.32 Å². The van der Waals surface area contributed by atoms with E-state index in [1.54, 1.807) is 12.2 Å². The van der Waals surface area contributed by atoms with Crippen LogP contribution in [0.2, 0.25) is 0 Å². The summed E-state index contributed by atoms with van der Waals surface area (Å²) in [5, 5.41) is 2.59. The Labute approximate surface area is 130 Å². The molecule has 1 aromatic carbocycles. The number of rotatable bonds is 5. The zero-order chi connectivity index (χ0) is 16.1. The fourth-order valence-electron chi connectivity index (χ4n) is 2.15. The number of allylic oxidation sites excluding steroid dienone is 2. The molecule has 0 radical (unpaired) electrons. The van der Waals surface area contributed by atoms with Crippen LogP contribution in [0.3, 0.4) is 0 Å². The van der Waals surface area contributed by atoms with Crippen molar-refractivity contribution in [3.05, 3.63) is 47.7 Å². The van der Waals surface area contributed by atoms with Gasteiger partial charge in [0.15, 0.2) is 0 Å². The summed E-state index contributed by atoms with van der Waals surface area (Å²) in [6, 6.07) is 7.71. The smallest absolute Gasteiger partial charge is 0.329 e. The first kappa shape index (κ1) is 15.8. The summed E-state index contributed by atoms with van der Waals surface area (Å²) >= 11 is 0. The van der Waals surface area contributed by atoms with E-state index in [1.807, 2.05) is 56.3 Å². The molecule has 1 aliphatic heterocycles. The third-order valence-corrected chi connectivity index (χ3v) is 3.37. The van der Waals surface area contributed by atoms with E-state index in [0.717, 1.165) is 17.7 Å². The van der Waals surface area contributed by atoms with Gasteiger partial charge in [-0.15, -0.1) is 0 Å². The Bertz CT molecular complexity index is 615. The molecule has 22 heavy (non-hydrogen) atoms. The molecule has 0 bridgehead atoms. The largest absolute Gasteiger partial charge is 0.378 e. The summed E-state index contributed by atoms with van der Waals surface area (Å²) in [6.07, 6.45) is 6.05. The van der Waals surface area contributed by atoms with Gasteiger partial charge in [0, 0.05) is 26.3 Å². The van der Waals surface area contributed by atoms with Gasteiger partial charge in [0.05, 0.1) is 0 Å². The first-order valence-electron chi connectivity index (χ1n) is 7.31. The summed E-state index contributed by atoms with van der Waals surface area (Å²) in [6.45, 7) is 2.37. The minimum atomic E-state index is -0.346. The molecule has 5 heteroatoms. The third kappa shape index (κ3) is 3.55. The molecular formula is C17H21N3O2. The molecule has 0 spiro atoms. The van der Waals surface area contributed by atoms with Gasteiger partial charge in [0.1, 0.15) is 5.70 Å². The van der Waals surface area contributed by atoms with Crippen LogP contribution in [-0.2, 0) is 4.79 Å². The second kappa shape index (κ2) is 6.93. The predicted octanol–water partition coefficient (Wildman–Crippen LogP) is 2.61. The van der Waals surface area contributed by atoms with E-state index >= 15 is 0 Å². The minimum Gasteiger partial charge on any atom is -0.378 e. The molecule has 2 rings (SSSR count). The van der Waals surface area contributed by atoms with Gasteiger partial charge in [0.25, 0.3) is 5.91 Å².